The maximum Gasteiger partial charge on any atom is 0.147 e. The van der Waals surface area contributed by atoms with Crippen molar-refractivity contribution in [3.8, 4) is 17.2 Å². The summed E-state index contributed by atoms with van der Waals surface area (Å²) in [6.07, 6.45) is 2.58. The average Bonchev–Trinajstić information content (AvgIpc) is 2.55. The SMILES string of the molecule is N#Cc1cc(Cl)ccc1-c1ccc2c(c1Cl)C=C(C=O)CN2. The molecule has 1 N–H and O–H groups in total. The minimum Gasteiger partial charge on any atom is -0.380 e. The number of carbonyl (C=O) groups is 1. The third-order valence-electron chi connectivity index (χ3n) is 3.54. The smallest absolute Gasteiger partial charge is 0.147 e. The predicted octanol–water partition coefficient (Wildman–Crippen LogP) is 4.54. The molecule has 0 aromatic heterocycles. The Bertz CT molecular complexity index is 850. The van der Waals surface area contributed by atoms with Crippen LogP contribution in [0.2, 0.25) is 10.0 Å². The molecule has 0 atom stereocenters. The van der Waals surface area contributed by atoms with Crippen LogP contribution in [0.3, 0.4) is 0 Å². The third kappa shape index (κ3) is 2.48. The van der Waals surface area contributed by atoms with Crippen LogP contribution in [0.1, 0.15) is 11.1 Å². The number of nitrogens with zero attached hydrogens (tertiary/aromatic N) is 1. The number of carbonyl (C=O) groups excluding carboxylic acids is 1. The number of benzene rings is 2. The zero-order valence-corrected chi connectivity index (χ0v) is 12.9. The third-order valence-corrected chi connectivity index (χ3v) is 4.18. The highest BCUT2D eigenvalue weighted by Gasteiger charge is 2.17. The van der Waals surface area contributed by atoms with E-state index in [-0.39, 0.29) is 0 Å². The van der Waals surface area contributed by atoms with Crippen LogP contribution in [0.4, 0.5) is 5.69 Å². The van der Waals surface area contributed by atoms with E-state index in [4.69, 9.17) is 23.2 Å². The first-order chi connectivity index (χ1) is 10.6. The lowest BCUT2D eigenvalue weighted by Crippen LogP contribution is -2.11. The van der Waals surface area contributed by atoms with Gasteiger partial charge in [-0.25, -0.2) is 0 Å². The van der Waals surface area contributed by atoms with E-state index in [0.29, 0.717) is 33.3 Å². The molecule has 0 saturated heterocycles. The molecule has 0 fully saturated rings. The Morgan fingerprint density at radius 1 is 1.18 bits per heavy atom. The summed E-state index contributed by atoms with van der Waals surface area (Å²) in [5, 5.41) is 13.4. The van der Waals surface area contributed by atoms with Crippen LogP contribution in [0, 0.1) is 11.3 Å². The van der Waals surface area contributed by atoms with E-state index in [0.717, 1.165) is 23.1 Å². The summed E-state index contributed by atoms with van der Waals surface area (Å²) in [6, 6.07) is 11.0. The van der Waals surface area contributed by atoms with Gasteiger partial charge in [-0.15, -0.1) is 0 Å². The second-order valence-electron chi connectivity index (χ2n) is 4.88. The largest absolute Gasteiger partial charge is 0.380 e. The molecule has 0 unspecified atom stereocenters. The van der Waals surface area contributed by atoms with Crippen molar-refractivity contribution >= 4 is 41.3 Å². The van der Waals surface area contributed by atoms with E-state index in [9.17, 15) is 10.1 Å². The highest BCUT2D eigenvalue weighted by Crippen LogP contribution is 2.39. The average molecular weight is 329 g/mol. The fourth-order valence-electron chi connectivity index (χ4n) is 2.45. The van der Waals surface area contributed by atoms with Gasteiger partial charge < -0.3 is 5.32 Å². The van der Waals surface area contributed by atoms with Gasteiger partial charge >= 0.3 is 0 Å². The van der Waals surface area contributed by atoms with Crippen molar-refractivity contribution in [3.63, 3.8) is 0 Å². The molecule has 0 saturated carbocycles. The Morgan fingerprint density at radius 2 is 1.95 bits per heavy atom. The minimum atomic E-state index is 0.456. The monoisotopic (exact) mass is 328 g/mol. The van der Waals surface area contributed by atoms with Crippen molar-refractivity contribution in [2.75, 3.05) is 11.9 Å². The van der Waals surface area contributed by atoms with Crippen LogP contribution >= 0.6 is 23.2 Å². The molecular formula is C17H10Cl2N2O. The number of halogens is 2. The Hall–Kier alpha value is -2.28. The Labute approximate surface area is 137 Å². The Kier molecular flexibility index (Phi) is 3.89. The number of fused-ring (bicyclic) bond motifs is 1. The summed E-state index contributed by atoms with van der Waals surface area (Å²) in [5.74, 6) is 0. The molecular weight excluding hydrogens is 319 g/mol. The second-order valence-corrected chi connectivity index (χ2v) is 5.70. The Balaban J connectivity index is 2.22. The van der Waals surface area contributed by atoms with Crippen LogP contribution in [-0.4, -0.2) is 12.8 Å². The van der Waals surface area contributed by atoms with Crippen LogP contribution in [0.5, 0.6) is 0 Å². The first-order valence-corrected chi connectivity index (χ1v) is 7.32. The van der Waals surface area contributed by atoms with Crippen molar-refractivity contribution in [1.29, 1.82) is 5.26 Å². The molecule has 1 heterocycles. The molecule has 0 bridgehead atoms. The van der Waals surface area contributed by atoms with Gasteiger partial charge in [-0.2, -0.15) is 5.26 Å². The molecule has 108 valence electrons. The highest BCUT2D eigenvalue weighted by molar-refractivity contribution is 6.35. The molecule has 22 heavy (non-hydrogen) atoms. The van der Waals surface area contributed by atoms with E-state index in [2.05, 4.69) is 11.4 Å². The topological polar surface area (TPSA) is 52.9 Å². The molecule has 3 nitrogen and oxygen atoms in total. The van der Waals surface area contributed by atoms with Gasteiger partial charge in [0, 0.05) is 39.5 Å². The van der Waals surface area contributed by atoms with Crippen LogP contribution in [0.15, 0.2) is 35.9 Å². The summed E-state index contributed by atoms with van der Waals surface area (Å²) < 4.78 is 0. The maximum atomic E-state index is 11.0. The fourth-order valence-corrected chi connectivity index (χ4v) is 2.94. The lowest BCUT2D eigenvalue weighted by Gasteiger charge is -2.19. The van der Waals surface area contributed by atoms with Crippen molar-refractivity contribution in [2.45, 2.75) is 0 Å². The quantitative estimate of drug-likeness (QED) is 0.823. The second kappa shape index (κ2) is 5.84. The van der Waals surface area contributed by atoms with Crippen molar-refractivity contribution < 1.29 is 4.79 Å². The lowest BCUT2D eigenvalue weighted by molar-refractivity contribution is -0.104. The summed E-state index contributed by atoms with van der Waals surface area (Å²) in [5.41, 5.74) is 4.16. The molecule has 2 aromatic rings. The Morgan fingerprint density at radius 3 is 2.68 bits per heavy atom. The van der Waals surface area contributed by atoms with Crippen molar-refractivity contribution in [3.05, 3.63) is 57.1 Å². The molecule has 3 rings (SSSR count). The first-order valence-electron chi connectivity index (χ1n) is 6.56. The van der Waals surface area contributed by atoms with E-state index in [1.54, 1.807) is 24.3 Å². The van der Waals surface area contributed by atoms with Gasteiger partial charge in [0.2, 0.25) is 0 Å². The number of nitriles is 1. The van der Waals surface area contributed by atoms with Crippen molar-refractivity contribution in [2.24, 2.45) is 0 Å². The first kappa shape index (κ1) is 14.6. The van der Waals surface area contributed by atoms with Gasteiger partial charge in [0.05, 0.1) is 16.7 Å². The molecule has 1 aliphatic rings. The standard InChI is InChI=1S/C17H10Cl2N2O/c18-12-1-2-13(11(6-12)7-20)14-3-4-16-15(17(14)19)5-10(9-22)8-21-16/h1-6,9,21H,8H2. The molecule has 2 aromatic carbocycles. The molecule has 0 radical (unpaired) electrons. The van der Waals surface area contributed by atoms with Crippen LogP contribution in [-0.2, 0) is 4.79 Å². The molecule has 0 aliphatic carbocycles. The van der Waals surface area contributed by atoms with E-state index in [1.807, 2.05) is 12.1 Å². The highest BCUT2D eigenvalue weighted by atomic mass is 35.5. The lowest BCUT2D eigenvalue weighted by atomic mass is 9.95. The minimum absolute atomic E-state index is 0.456. The van der Waals surface area contributed by atoms with Gasteiger partial charge in [-0.3, -0.25) is 4.79 Å². The van der Waals surface area contributed by atoms with E-state index >= 15 is 0 Å². The zero-order valence-electron chi connectivity index (χ0n) is 11.4. The number of aldehydes is 1. The molecule has 0 amide bonds. The predicted molar refractivity (Wildman–Crippen MR) is 89.1 cm³/mol. The zero-order chi connectivity index (χ0) is 15.7. The number of anilines is 1. The van der Waals surface area contributed by atoms with Gasteiger partial charge in [0.25, 0.3) is 0 Å². The van der Waals surface area contributed by atoms with Gasteiger partial charge in [-0.1, -0.05) is 35.3 Å². The van der Waals surface area contributed by atoms with Crippen LogP contribution in [0.25, 0.3) is 17.2 Å². The number of nitrogens with one attached hydrogen (secondary N) is 1. The summed E-state index contributed by atoms with van der Waals surface area (Å²) in [4.78, 5) is 11.0. The molecule has 0 spiro atoms. The summed E-state index contributed by atoms with van der Waals surface area (Å²) >= 11 is 12.4. The van der Waals surface area contributed by atoms with Gasteiger partial charge in [-0.05, 0) is 24.3 Å². The van der Waals surface area contributed by atoms with Gasteiger partial charge in [0.1, 0.15) is 6.29 Å². The maximum absolute atomic E-state index is 11.0. The summed E-state index contributed by atoms with van der Waals surface area (Å²) in [7, 11) is 0. The number of hydrogen-bond donors (Lipinski definition) is 1. The number of rotatable bonds is 2. The normalized spacial score (nSPS) is 12.7. The fraction of sp³-hybridized carbons (Fsp3) is 0.0588. The van der Waals surface area contributed by atoms with Crippen molar-refractivity contribution in [1.82, 2.24) is 0 Å². The van der Waals surface area contributed by atoms with E-state index in [1.165, 1.54) is 0 Å². The molecule has 1 aliphatic heterocycles. The van der Waals surface area contributed by atoms with Gasteiger partial charge in [0.15, 0.2) is 0 Å². The molecule has 5 heteroatoms. The van der Waals surface area contributed by atoms with Crippen LogP contribution < -0.4 is 5.32 Å². The van der Waals surface area contributed by atoms with E-state index < -0.39 is 0 Å². The summed E-state index contributed by atoms with van der Waals surface area (Å²) in [6.45, 7) is 0.483. The number of hydrogen-bond acceptors (Lipinski definition) is 3.